The van der Waals surface area contributed by atoms with Gasteiger partial charge in [0.05, 0.1) is 6.61 Å². The van der Waals surface area contributed by atoms with E-state index in [1.807, 2.05) is 6.07 Å². The number of anilines is 1. The van der Waals surface area contributed by atoms with Crippen LogP contribution in [0.25, 0.3) is 0 Å². The molecule has 8 nitrogen and oxygen atoms in total. The number of carbonyl (C=O) groups is 2. The van der Waals surface area contributed by atoms with Crippen LogP contribution in [0.3, 0.4) is 0 Å². The van der Waals surface area contributed by atoms with Gasteiger partial charge in [0, 0.05) is 58.3 Å². The summed E-state index contributed by atoms with van der Waals surface area (Å²) in [6.45, 7) is 5.48. The van der Waals surface area contributed by atoms with Crippen LogP contribution in [-0.2, 0) is 9.47 Å². The van der Waals surface area contributed by atoms with Crippen molar-refractivity contribution in [1.29, 1.82) is 0 Å². The Balaban J connectivity index is 1.87. The average Bonchev–Trinajstić information content (AvgIpc) is 2.65. The van der Waals surface area contributed by atoms with E-state index in [9.17, 15) is 9.59 Å². The molecule has 1 aliphatic rings. The molecule has 0 saturated carbocycles. The van der Waals surface area contributed by atoms with Crippen LogP contribution >= 0.6 is 0 Å². The van der Waals surface area contributed by atoms with Crippen LogP contribution in [0.5, 0.6) is 0 Å². The molecule has 1 N–H and O–H groups in total. The number of amides is 2. The zero-order chi connectivity index (χ0) is 18.1. The van der Waals surface area contributed by atoms with Crippen molar-refractivity contribution in [2.24, 2.45) is 0 Å². The van der Waals surface area contributed by atoms with Crippen molar-refractivity contribution < 1.29 is 19.1 Å². The van der Waals surface area contributed by atoms with E-state index in [4.69, 9.17) is 9.47 Å². The van der Waals surface area contributed by atoms with Gasteiger partial charge < -0.3 is 24.6 Å². The number of aromatic nitrogens is 1. The van der Waals surface area contributed by atoms with Crippen LogP contribution < -0.4 is 5.32 Å². The predicted molar refractivity (Wildman–Crippen MR) is 93.7 cm³/mol. The fourth-order valence-electron chi connectivity index (χ4n) is 2.58. The fourth-order valence-corrected chi connectivity index (χ4v) is 2.58. The lowest BCUT2D eigenvalue weighted by molar-refractivity contribution is 0.0566. The van der Waals surface area contributed by atoms with Gasteiger partial charge in [-0.1, -0.05) is 0 Å². The third-order valence-corrected chi connectivity index (χ3v) is 3.93. The summed E-state index contributed by atoms with van der Waals surface area (Å²) in [5.74, 6) is -0.121. The molecule has 25 heavy (non-hydrogen) atoms. The Bertz CT molecular complexity index is 574. The number of rotatable bonds is 7. The number of hydrogen-bond donors (Lipinski definition) is 1. The molecule has 2 heterocycles. The van der Waals surface area contributed by atoms with Crippen LogP contribution in [0.4, 0.5) is 10.5 Å². The molecular formula is C17H26N4O4. The van der Waals surface area contributed by atoms with Crippen molar-refractivity contribution in [3.63, 3.8) is 0 Å². The van der Waals surface area contributed by atoms with Gasteiger partial charge in [0.2, 0.25) is 0 Å². The molecule has 0 unspecified atom stereocenters. The van der Waals surface area contributed by atoms with E-state index in [-0.39, 0.29) is 12.0 Å². The van der Waals surface area contributed by atoms with Crippen molar-refractivity contribution in [1.82, 2.24) is 14.8 Å². The van der Waals surface area contributed by atoms with Gasteiger partial charge in [-0.25, -0.2) is 4.79 Å². The van der Waals surface area contributed by atoms with Crippen molar-refractivity contribution in [2.45, 2.75) is 13.3 Å². The molecule has 1 fully saturated rings. The van der Waals surface area contributed by atoms with Crippen LogP contribution in [-0.4, -0.2) is 79.8 Å². The molecule has 1 aromatic heterocycles. The molecule has 0 atom stereocenters. The lowest BCUT2D eigenvalue weighted by Gasteiger charge is -2.33. The largest absolute Gasteiger partial charge is 0.450 e. The van der Waals surface area contributed by atoms with E-state index in [1.165, 1.54) is 0 Å². The van der Waals surface area contributed by atoms with Crippen LogP contribution in [0, 0.1) is 0 Å². The second kappa shape index (κ2) is 9.83. The molecular weight excluding hydrogens is 324 g/mol. The Kier molecular flexibility index (Phi) is 7.46. The first-order chi connectivity index (χ1) is 12.2. The Morgan fingerprint density at radius 3 is 2.64 bits per heavy atom. The highest BCUT2D eigenvalue weighted by Crippen LogP contribution is 2.12. The summed E-state index contributed by atoms with van der Waals surface area (Å²) < 4.78 is 10.00. The Morgan fingerprint density at radius 1 is 1.24 bits per heavy atom. The van der Waals surface area contributed by atoms with E-state index in [1.54, 1.807) is 36.1 Å². The molecule has 138 valence electrons. The first-order valence-electron chi connectivity index (χ1n) is 8.55. The maximum Gasteiger partial charge on any atom is 0.409 e. The molecule has 2 amide bonds. The molecule has 0 aliphatic carbocycles. The van der Waals surface area contributed by atoms with Crippen LogP contribution in [0.15, 0.2) is 18.3 Å². The SMILES string of the molecule is CCOC(=O)N1CCN(C(=O)c2cc(NCCCOC)ccn2)CC1. The molecule has 1 saturated heterocycles. The minimum absolute atomic E-state index is 0.121. The number of nitrogens with zero attached hydrogens (tertiary/aromatic N) is 3. The highest BCUT2D eigenvalue weighted by Gasteiger charge is 2.26. The van der Waals surface area contributed by atoms with Gasteiger partial charge >= 0.3 is 6.09 Å². The highest BCUT2D eigenvalue weighted by molar-refractivity contribution is 5.93. The smallest absolute Gasteiger partial charge is 0.409 e. The van der Waals surface area contributed by atoms with E-state index in [2.05, 4.69) is 10.3 Å². The molecule has 1 aliphatic heterocycles. The topological polar surface area (TPSA) is 84.0 Å². The van der Waals surface area contributed by atoms with E-state index in [0.29, 0.717) is 45.1 Å². The summed E-state index contributed by atoms with van der Waals surface area (Å²) in [7, 11) is 1.67. The van der Waals surface area contributed by atoms with Crippen LogP contribution in [0.2, 0.25) is 0 Å². The van der Waals surface area contributed by atoms with Gasteiger partial charge in [-0.3, -0.25) is 9.78 Å². The number of methoxy groups -OCH3 is 1. The molecule has 8 heteroatoms. The number of carbonyl (C=O) groups excluding carboxylic acids is 2. The summed E-state index contributed by atoms with van der Waals surface area (Å²) in [5, 5.41) is 3.25. The highest BCUT2D eigenvalue weighted by atomic mass is 16.6. The van der Waals surface area contributed by atoms with Gasteiger partial charge in [-0.2, -0.15) is 0 Å². The Hall–Kier alpha value is -2.35. The minimum atomic E-state index is -0.324. The molecule has 0 aromatic carbocycles. The second-order valence-corrected chi connectivity index (χ2v) is 5.68. The third-order valence-electron chi connectivity index (χ3n) is 3.93. The van der Waals surface area contributed by atoms with Gasteiger partial charge in [-0.05, 0) is 25.5 Å². The van der Waals surface area contributed by atoms with Crippen LogP contribution in [0.1, 0.15) is 23.8 Å². The van der Waals surface area contributed by atoms with Crippen molar-refractivity contribution in [3.8, 4) is 0 Å². The quantitative estimate of drug-likeness (QED) is 0.749. The summed E-state index contributed by atoms with van der Waals surface area (Å²) in [6.07, 6.45) is 2.19. The lowest BCUT2D eigenvalue weighted by atomic mass is 10.2. The summed E-state index contributed by atoms with van der Waals surface area (Å²) in [6, 6.07) is 3.59. The Morgan fingerprint density at radius 2 is 1.96 bits per heavy atom. The maximum absolute atomic E-state index is 12.6. The Labute approximate surface area is 148 Å². The minimum Gasteiger partial charge on any atom is -0.450 e. The number of nitrogens with one attached hydrogen (secondary N) is 1. The molecule has 2 rings (SSSR count). The zero-order valence-electron chi connectivity index (χ0n) is 14.9. The fraction of sp³-hybridized carbons (Fsp3) is 0.588. The van der Waals surface area contributed by atoms with Gasteiger partial charge in [0.15, 0.2) is 0 Å². The molecule has 0 radical (unpaired) electrons. The number of pyridine rings is 1. The first-order valence-corrected chi connectivity index (χ1v) is 8.55. The molecule has 0 spiro atoms. The second-order valence-electron chi connectivity index (χ2n) is 5.68. The average molecular weight is 350 g/mol. The summed E-state index contributed by atoms with van der Waals surface area (Å²) in [5.41, 5.74) is 1.26. The number of ether oxygens (including phenoxy) is 2. The molecule has 0 bridgehead atoms. The third kappa shape index (κ3) is 5.60. The number of piperazine rings is 1. The monoisotopic (exact) mass is 350 g/mol. The summed E-state index contributed by atoms with van der Waals surface area (Å²) >= 11 is 0. The van der Waals surface area contributed by atoms with Gasteiger partial charge in [0.25, 0.3) is 5.91 Å². The summed E-state index contributed by atoms with van der Waals surface area (Å²) in [4.78, 5) is 31.8. The van der Waals surface area contributed by atoms with Crippen molar-refractivity contribution in [3.05, 3.63) is 24.0 Å². The standard InChI is InChI=1S/C17H26N4O4/c1-3-25-17(23)21-10-8-20(9-11-21)16(22)15-13-14(5-7-19-15)18-6-4-12-24-2/h5,7,13H,3-4,6,8-12H2,1-2H3,(H,18,19). The zero-order valence-corrected chi connectivity index (χ0v) is 14.9. The number of hydrogen-bond acceptors (Lipinski definition) is 6. The van der Waals surface area contributed by atoms with E-state index < -0.39 is 0 Å². The maximum atomic E-state index is 12.6. The van der Waals surface area contributed by atoms with E-state index >= 15 is 0 Å². The molecule has 1 aromatic rings. The van der Waals surface area contributed by atoms with Crippen molar-refractivity contribution in [2.75, 3.05) is 58.4 Å². The van der Waals surface area contributed by atoms with Crippen molar-refractivity contribution >= 4 is 17.7 Å². The first kappa shape index (κ1) is 19.0. The normalized spacial score (nSPS) is 14.3. The van der Waals surface area contributed by atoms with Gasteiger partial charge in [-0.15, -0.1) is 0 Å². The van der Waals surface area contributed by atoms with E-state index in [0.717, 1.165) is 18.7 Å². The lowest BCUT2D eigenvalue weighted by Crippen LogP contribution is -2.50. The predicted octanol–water partition coefficient (Wildman–Crippen LogP) is 1.44. The van der Waals surface area contributed by atoms with Gasteiger partial charge in [0.1, 0.15) is 5.69 Å².